The van der Waals surface area contributed by atoms with Crippen molar-refractivity contribution in [1.29, 1.82) is 0 Å². The zero-order chi connectivity index (χ0) is 8.23. The van der Waals surface area contributed by atoms with Crippen molar-refractivity contribution in [1.82, 2.24) is 10.0 Å². The third-order valence-electron chi connectivity index (χ3n) is 1.84. The van der Waals surface area contributed by atoms with E-state index in [-0.39, 0.29) is 0 Å². The third-order valence-corrected chi connectivity index (χ3v) is 1.84. The quantitative estimate of drug-likeness (QED) is 0.581. The fourth-order valence-electron chi connectivity index (χ4n) is 1.24. The van der Waals surface area contributed by atoms with Gasteiger partial charge in [-0.1, -0.05) is 24.3 Å². The molecule has 0 radical (unpaired) electrons. The predicted octanol–water partition coefficient (Wildman–Crippen LogP) is 2.37. The van der Waals surface area contributed by atoms with E-state index in [2.05, 4.69) is 59.1 Å². The van der Waals surface area contributed by atoms with Crippen LogP contribution in [0, 0.1) is 0 Å². The van der Waals surface area contributed by atoms with Crippen LogP contribution in [-0.4, -0.2) is 10.0 Å². The maximum absolute atomic E-state index is 2.14. The van der Waals surface area contributed by atoms with Crippen molar-refractivity contribution in [3.8, 4) is 0 Å². The Morgan fingerprint density at radius 3 is 1.25 bits per heavy atom. The summed E-state index contributed by atoms with van der Waals surface area (Å²) in [5.74, 6) is 0. The first-order valence-corrected chi connectivity index (χ1v) is 4.20. The summed E-state index contributed by atoms with van der Waals surface area (Å²) in [5.41, 5.74) is 0. The summed E-state index contributed by atoms with van der Waals surface area (Å²) in [6.45, 7) is 0. The van der Waals surface area contributed by atoms with Gasteiger partial charge in [0.25, 0.3) is 0 Å². The summed E-state index contributed by atoms with van der Waals surface area (Å²) in [6, 6.07) is 0. The number of rotatable bonds is 1. The molecular weight excluding hydrogens is 148 g/mol. The Bertz CT molecular complexity index is 209. The van der Waals surface area contributed by atoms with Crippen molar-refractivity contribution < 1.29 is 0 Å². The second-order valence-electron chi connectivity index (χ2n) is 2.77. The minimum Gasteiger partial charge on any atom is -0.265 e. The molecule has 0 amide bonds. The predicted molar refractivity (Wildman–Crippen MR) is 49.5 cm³/mol. The van der Waals surface area contributed by atoms with Gasteiger partial charge in [0.15, 0.2) is 0 Å². The summed E-state index contributed by atoms with van der Waals surface area (Å²) < 4.78 is 0. The van der Waals surface area contributed by atoms with E-state index in [1.54, 1.807) is 0 Å². The Labute approximate surface area is 72.7 Å². The Balaban J connectivity index is 2.07. The van der Waals surface area contributed by atoms with Crippen LogP contribution < -0.4 is 0 Å². The van der Waals surface area contributed by atoms with Gasteiger partial charge in [-0.3, -0.25) is 10.0 Å². The van der Waals surface area contributed by atoms with Gasteiger partial charge in [0.05, 0.1) is 0 Å². The molecule has 2 aliphatic heterocycles. The second-order valence-corrected chi connectivity index (χ2v) is 2.77. The summed E-state index contributed by atoms with van der Waals surface area (Å²) in [6.07, 6.45) is 18.9. The first kappa shape index (κ1) is 7.22. The standard InChI is InChI=1S/C10H12N2/c1-3-7-11(8-4-1)12-9-5-2-6-10-12/h3-10H,1-2H2. The molecule has 2 heteroatoms. The summed E-state index contributed by atoms with van der Waals surface area (Å²) >= 11 is 0. The van der Waals surface area contributed by atoms with Crippen LogP contribution >= 0.6 is 0 Å². The lowest BCUT2D eigenvalue weighted by molar-refractivity contribution is 0.197. The van der Waals surface area contributed by atoms with Crippen LogP contribution in [0.3, 0.4) is 0 Å². The van der Waals surface area contributed by atoms with Crippen molar-refractivity contribution in [2.24, 2.45) is 0 Å². The highest BCUT2D eigenvalue weighted by molar-refractivity contribution is 5.07. The van der Waals surface area contributed by atoms with Gasteiger partial charge in [-0.05, 0) is 12.8 Å². The molecule has 0 saturated carbocycles. The van der Waals surface area contributed by atoms with Crippen molar-refractivity contribution >= 4 is 0 Å². The van der Waals surface area contributed by atoms with Crippen molar-refractivity contribution in [3.05, 3.63) is 49.1 Å². The number of allylic oxidation sites excluding steroid dienone is 4. The zero-order valence-electron chi connectivity index (χ0n) is 6.93. The average Bonchev–Trinajstić information content (AvgIpc) is 2.21. The fourth-order valence-corrected chi connectivity index (χ4v) is 1.24. The summed E-state index contributed by atoms with van der Waals surface area (Å²) in [7, 11) is 0. The molecule has 0 spiro atoms. The number of hydrogen-bond donors (Lipinski definition) is 0. The molecule has 0 N–H and O–H groups in total. The molecular formula is C10H12N2. The Hall–Kier alpha value is -1.44. The van der Waals surface area contributed by atoms with Crippen LogP contribution in [0.25, 0.3) is 0 Å². The molecule has 0 aromatic heterocycles. The van der Waals surface area contributed by atoms with E-state index >= 15 is 0 Å². The maximum atomic E-state index is 2.14. The smallest absolute Gasteiger partial charge is 0.0230 e. The van der Waals surface area contributed by atoms with E-state index in [0.717, 1.165) is 12.8 Å². The number of hydrogen-bond acceptors (Lipinski definition) is 2. The monoisotopic (exact) mass is 160 g/mol. The minimum atomic E-state index is 1.04. The van der Waals surface area contributed by atoms with Crippen LogP contribution in [0.2, 0.25) is 0 Å². The normalized spacial score (nSPS) is 20.7. The number of hydrazine groups is 1. The van der Waals surface area contributed by atoms with E-state index < -0.39 is 0 Å². The van der Waals surface area contributed by atoms with Gasteiger partial charge >= 0.3 is 0 Å². The van der Waals surface area contributed by atoms with Crippen LogP contribution in [0.1, 0.15) is 12.8 Å². The molecule has 0 bridgehead atoms. The molecule has 12 heavy (non-hydrogen) atoms. The SMILES string of the molecule is C1=CN(N2C=CCC=C2)C=CC1. The summed E-state index contributed by atoms with van der Waals surface area (Å²) in [4.78, 5) is 0. The molecule has 0 aliphatic carbocycles. The van der Waals surface area contributed by atoms with Gasteiger partial charge in [-0.15, -0.1) is 0 Å². The molecule has 0 aromatic rings. The second kappa shape index (κ2) is 3.30. The molecule has 0 aromatic carbocycles. The van der Waals surface area contributed by atoms with E-state index in [4.69, 9.17) is 0 Å². The van der Waals surface area contributed by atoms with Gasteiger partial charge in [-0.2, -0.15) is 0 Å². The fraction of sp³-hybridized carbons (Fsp3) is 0.200. The molecule has 2 aliphatic rings. The van der Waals surface area contributed by atoms with Crippen molar-refractivity contribution in [2.75, 3.05) is 0 Å². The lowest BCUT2D eigenvalue weighted by Gasteiger charge is -2.29. The highest BCUT2D eigenvalue weighted by Gasteiger charge is 2.03. The van der Waals surface area contributed by atoms with Crippen LogP contribution in [-0.2, 0) is 0 Å². The van der Waals surface area contributed by atoms with E-state index in [1.807, 2.05) is 0 Å². The zero-order valence-corrected chi connectivity index (χ0v) is 6.93. The van der Waals surface area contributed by atoms with Gasteiger partial charge < -0.3 is 0 Å². The minimum absolute atomic E-state index is 1.04. The Morgan fingerprint density at radius 1 is 0.583 bits per heavy atom. The molecule has 0 atom stereocenters. The van der Waals surface area contributed by atoms with E-state index in [9.17, 15) is 0 Å². The van der Waals surface area contributed by atoms with Gasteiger partial charge in [0.2, 0.25) is 0 Å². The molecule has 0 fully saturated rings. The lowest BCUT2D eigenvalue weighted by Crippen LogP contribution is -2.27. The van der Waals surface area contributed by atoms with E-state index in [1.165, 1.54) is 0 Å². The first-order chi connectivity index (χ1) is 5.97. The van der Waals surface area contributed by atoms with Gasteiger partial charge in [-0.25, -0.2) is 0 Å². The third kappa shape index (κ3) is 1.42. The highest BCUT2D eigenvalue weighted by Crippen LogP contribution is 2.11. The Kier molecular flexibility index (Phi) is 1.99. The molecule has 0 saturated heterocycles. The molecule has 2 rings (SSSR count). The van der Waals surface area contributed by atoms with Crippen LogP contribution in [0.4, 0.5) is 0 Å². The van der Waals surface area contributed by atoms with E-state index in [0.29, 0.717) is 0 Å². The molecule has 2 nitrogen and oxygen atoms in total. The van der Waals surface area contributed by atoms with Gasteiger partial charge in [0.1, 0.15) is 0 Å². The summed E-state index contributed by atoms with van der Waals surface area (Å²) in [5, 5.41) is 4.10. The molecule has 2 heterocycles. The van der Waals surface area contributed by atoms with Crippen LogP contribution in [0.5, 0.6) is 0 Å². The van der Waals surface area contributed by atoms with Gasteiger partial charge in [0, 0.05) is 24.8 Å². The van der Waals surface area contributed by atoms with Crippen LogP contribution in [0.15, 0.2) is 49.1 Å². The number of nitrogens with zero attached hydrogens (tertiary/aromatic N) is 2. The van der Waals surface area contributed by atoms with Crippen molar-refractivity contribution in [3.63, 3.8) is 0 Å². The average molecular weight is 160 g/mol. The lowest BCUT2D eigenvalue weighted by atomic mass is 10.3. The van der Waals surface area contributed by atoms with Crippen molar-refractivity contribution in [2.45, 2.75) is 12.8 Å². The highest BCUT2D eigenvalue weighted by atomic mass is 15.6. The molecule has 62 valence electrons. The molecule has 0 unspecified atom stereocenters. The largest absolute Gasteiger partial charge is 0.265 e. The Morgan fingerprint density at radius 2 is 0.917 bits per heavy atom. The first-order valence-electron chi connectivity index (χ1n) is 4.20. The maximum Gasteiger partial charge on any atom is 0.0230 e. The topological polar surface area (TPSA) is 6.48 Å².